The van der Waals surface area contributed by atoms with Gasteiger partial charge in [-0.2, -0.15) is 10.4 Å². The number of benzene rings is 2. The van der Waals surface area contributed by atoms with Gasteiger partial charge in [-0.25, -0.2) is 4.98 Å². The van der Waals surface area contributed by atoms with Crippen molar-refractivity contribution in [3.63, 3.8) is 0 Å². The lowest BCUT2D eigenvalue weighted by Crippen LogP contribution is -2.39. The number of hydrogen-bond donors (Lipinski definition) is 1. The third kappa shape index (κ3) is 6.53. The van der Waals surface area contributed by atoms with Gasteiger partial charge < -0.3 is 19.7 Å². The number of nitriles is 1. The van der Waals surface area contributed by atoms with Crippen LogP contribution in [0, 0.1) is 24.2 Å². The zero-order valence-electron chi connectivity index (χ0n) is 23.2. The fraction of sp³-hybridized carbons (Fsp3) is 0.323. The smallest absolute Gasteiger partial charge is 0.253 e. The van der Waals surface area contributed by atoms with Crippen molar-refractivity contribution in [1.29, 1.82) is 5.26 Å². The lowest BCUT2D eigenvalue weighted by Gasteiger charge is -2.32. The van der Waals surface area contributed by atoms with E-state index in [0.29, 0.717) is 60.5 Å². The van der Waals surface area contributed by atoms with Crippen LogP contribution < -0.4 is 10.1 Å². The fourth-order valence-electron chi connectivity index (χ4n) is 5.04. The van der Waals surface area contributed by atoms with E-state index in [0.717, 1.165) is 35.9 Å². The highest BCUT2D eigenvalue weighted by Crippen LogP contribution is 2.25. The van der Waals surface area contributed by atoms with Gasteiger partial charge >= 0.3 is 0 Å². The molecule has 1 saturated heterocycles. The number of piperidine rings is 1. The molecular formula is C31H32N6O4. The Morgan fingerprint density at radius 2 is 1.88 bits per heavy atom. The summed E-state index contributed by atoms with van der Waals surface area (Å²) >= 11 is 0. The van der Waals surface area contributed by atoms with E-state index in [1.807, 2.05) is 40.9 Å². The summed E-state index contributed by atoms with van der Waals surface area (Å²) in [5.41, 5.74) is 3.49. The number of likely N-dealkylation sites (tertiary alicyclic amines) is 1. The summed E-state index contributed by atoms with van der Waals surface area (Å²) in [4.78, 5) is 31.7. The molecule has 2 amide bonds. The molecule has 2 aromatic heterocycles. The van der Waals surface area contributed by atoms with Crippen LogP contribution in [0.1, 0.15) is 44.7 Å². The van der Waals surface area contributed by atoms with Crippen molar-refractivity contribution in [2.45, 2.75) is 26.3 Å². The van der Waals surface area contributed by atoms with Crippen LogP contribution in [0.5, 0.6) is 11.6 Å². The average Bonchev–Trinajstić information content (AvgIpc) is 3.42. The molecule has 10 nitrogen and oxygen atoms in total. The molecule has 4 aromatic rings. The van der Waals surface area contributed by atoms with Gasteiger partial charge in [0.1, 0.15) is 11.8 Å². The van der Waals surface area contributed by atoms with Gasteiger partial charge in [-0.05, 0) is 73.7 Å². The van der Waals surface area contributed by atoms with Gasteiger partial charge in [-0.15, -0.1) is 0 Å². The van der Waals surface area contributed by atoms with Crippen LogP contribution in [0.3, 0.4) is 0 Å². The van der Waals surface area contributed by atoms with Gasteiger partial charge in [0.15, 0.2) is 0 Å². The van der Waals surface area contributed by atoms with Crippen LogP contribution in [-0.2, 0) is 11.3 Å². The second kappa shape index (κ2) is 12.6. The van der Waals surface area contributed by atoms with Crippen LogP contribution in [0.25, 0.3) is 10.9 Å². The molecule has 0 bridgehead atoms. The number of fused-ring (bicyclic) bond motifs is 1. The first-order valence-corrected chi connectivity index (χ1v) is 13.6. The van der Waals surface area contributed by atoms with E-state index < -0.39 is 0 Å². The molecule has 1 aliphatic rings. The normalized spacial score (nSPS) is 13.6. The van der Waals surface area contributed by atoms with Crippen LogP contribution in [0.4, 0.5) is 0 Å². The molecule has 1 N–H and O–H groups in total. The predicted octanol–water partition coefficient (Wildman–Crippen LogP) is 4.33. The zero-order valence-corrected chi connectivity index (χ0v) is 23.2. The molecule has 41 heavy (non-hydrogen) atoms. The molecule has 0 spiro atoms. The number of methoxy groups -OCH3 is 1. The number of carbonyl (C=O) groups excluding carboxylic acids is 2. The van der Waals surface area contributed by atoms with Crippen LogP contribution in [0.15, 0.2) is 60.9 Å². The zero-order chi connectivity index (χ0) is 28.8. The molecule has 2 aromatic carbocycles. The molecule has 0 aliphatic carbocycles. The Kier molecular flexibility index (Phi) is 8.56. The van der Waals surface area contributed by atoms with E-state index in [4.69, 9.17) is 19.8 Å². The maximum Gasteiger partial charge on any atom is 0.253 e. The van der Waals surface area contributed by atoms with Gasteiger partial charge in [-0.1, -0.05) is 0 Å². The average molecular weight is 553 g/mol. The number of pyridine rings is 1. The largest absolute Gasteiger partial charge is 0.439 e. The second-order valence-corrected chi connectivity index (χ2v) is 10.1. The molecule has 1 aliphatic heterocycles. The lowest BCUT2D eigenvalue weighted by atomic mass is 9.96. The summed E-state index contributed by atoms with van der Waals surface area (Å²) in [6.45, 7) is 5.01. The quantitative estimate of drug-likeness (QED) is 0.307. The highest BCUT2D eigenvalue weighted by molar-refractivity contribution is 6.00. The van der Waals surface area contributed by atoms with Gasteiger partial charge in [0.2, 0.25) is 5.88 Å². The minimum absolute atomic E-state index is 0.00301. The number of ether oxygens (including phenoxy) is 2. The molecule has 0 unspecified atom stereocenters. The van der Waals surface area contributed by atoms with Gasteiger partial charge in [0.05, 0.1) is 17.7 Å². The minimum atomic E-state index is -0.114. The molecule has 210 valence electrons. The first-order valence-electron chi connectivity index (χ1n) is 13.6. The van der Waals surface area contributed by atoms with Crippen molar-refractivity contribution in [2.24, 2.45) is 5.92 Å². The Balaban J connectivity index is 1.14. The summed E-state index contributed by atoms with van der Waals surface area (Å²) in [6.07, 6.45) is 5.25. The third-order valence-corrected chi connectivity index (χ3v) is 7.38. The fourth-order valence-corrected chi connectivity index (χ4v) is 5.04. The SMILES string of the molecule is COCCNC(=O)c1ccc2nn(CC3CCN(C(=O)c4ccc(Oc5ccc(C#N)cn5)cc4)CC3)cc2c1C. The van der Waals surface area contributed by atoms with E-state index in [2.05, 4.69) is 10.3 Å². The number of rotatable bonds is 9. The van der Waals surface area contributed by atoms with Gasteiger partial charge in [0, 0.05) is 68.3 Å². The first kappa shape index (κ1) is 27.8. The summed E-state index contributed by atoms with van der Waals surface area (Å²) in [5, 5.41) is 17.5. The van der Waals surface area contributed by atoms with Crippen molar-refractivity contribution in [3.8, 4) is 17.7 Å². The molecule has 0 atom stereocenters. The van der Waals surface area contributed by atoms with E-state index in [-0.39, 0.29) is 11.8 Å². The van der Waals surface area contributed by atoms with E-state index in [9.17, 15) is 9.59 Å². The van der Waals surface area contributed by atoms with E-state index in [1.54, 1.807) is 43.5 Å². The molecule has 5 rings (SSSR count). The Labute approximate surface area is 238 Å². The predicted molar refractivity (Wildman–Crippen MR) is 153 cm³/mol. The number of hydrogen-bond acceptors (Lipinski definition) is 7. The molecular weight excluding hydrogens is 520 g/mol. The highest BCUT2D eigenvalue weighted by atomic mass is 16.5. The number of carbonyl (C=O) groups is 2. The van der Waals surface area contributed by atoms with E-state index >= 15 is 0 Å². The summed E-state index contributed by atoms with van der Waals surface area (Å²) in [6, 6.07) is 16.0. The Morgan fingerprint density at radius 3 is 2.56 bits per heavy atom. The van der Waals surface area contributed by atoms with Crippen molar-refractivity contribution in [2.75, 3.05) is 33.4 Å². The summed E-state index contributed by atoms with van der Waals surface area (Å²) < 4.78 is 12.7. The molecule has 0 saturated carbocycles. The van der Waals surface area contributed by atoms with Crippen molar-refractivity contribution >= 4 is 22.7 Å². The summed E-state index contributed by atoms with van der Waals surface area (Å²) in [7, 11) is 1.61. The van der Waals surface area contributed by atoms with Crippen LogP contribution in [-0.4, -0.2) is 64.8 Å². The van der Waals surface area contributed by atoms with Gasteiger partial charge in [-0.3, -0.25) is 14.3 Å². The Bertz CT molecular complexity index is 1570. The first-order chi connectivity index (χ1) is 19.9. The number of aromatic nitrogens is 3. The van der Waals surface area contributed by atoms with Crippen LogP contribution in [0.2, 0.25) is 0 Å². The maximum atomic E-state index is 13.1. The standard InChI is InChI=1S/C31H32N6O4/c1-21-26(30(38)33-13-16-40-2)8-9-28-27(21)20-37(35-28)19-22-11-14-36(15-12-22)31(39)24-4-6-25(7-5-24)41-29-10-3-23(17-32)18-34-29/h3-10,18,20,22H,11-16,19H2,1-2H3,(H,33,38). The molecule has 3 heterocycles. The van der Waals surface area contributed by atoms with Crippen molar-refractivity contribution < 1.29 is 19.1 Å². The molecule has 1 fully saturated rings. The van der Waals surface area contributed by atoms with Crippen LogP contribution >= 0.6 is 0 Å². The number of aryl methyl sites for hydroxylation is 1. The third-order valence-electron chi connectivity index (χ3n) is 7.38. The molecule has 0 radical (unpaired) electrons. The second-order valence-electron chi connectivity index (χ2n) is 10.1. The van der Waals surface area contributed by atoms with E-state index in [1.165, 1.54) is 6.20 Å². The highest BCUT2D eigenvalue weighted by Gasteiger charge is 2.24. The topological polar surface area (TPSA) is 122 Å². The maximum absolute atomic E-state index is 13.1. The summed E-state index contributed by atoms with van der Waals surface area (Å²) in [5.74, 6) is 1.24. The lowest BCUT2D eigenvalue weighted by molar-refractivity contribution is 0.0681. The van der Waals surface area contributed by atoms with Crippen molar-refractivity contribution in [3.05, 3.63) is 83.2 Å². The van der Waals surface area contributed by atoms with Gasteiger partial charge in [0.25, 0.3) is 11.8 Å². The monoisotopic (exact) mass is 552 g/mol. The Morgan fingerprint density at radius 1 is 1.10 bits per heavy atom. The van der Waals surface area contributed by atoms with Crippen molar-refractivity contribution in [1.82, 2.24) is 25.0 Å². The number of nitrogens with zero attached hydrogens (tertiary/aromatic N) is 5. The number of nitrogens with one attached hydrogen (secondary N) is 1. The minimum Gasteiger partial charge on any atom is -0.439 e. The number of amides is 2. The Hall–Kier alpha value is -4.75. The molecule has 10 heteroatoms.